The SMILES string of the molecule is CN(C(=O)O)c1cc2cc(Br)cc(C(F)(F)F)c2[nH]1. The molecule has 2 aromatic rings. The molecule has 2 rings (SSSR count). The Morgan fingerprint density at radius 3 is 2.53 bits per heavy atom. The first-order chi connectivity index (χ1) is 8.70. The first-order valence-corrected chi connectivity index (χ1v) is 5.85. The third-order valence-corrected chi connectivity index (χ3v) is 3.09. The van der Waals surface area contributed by atoms with Crippen LogP contribution in [0.2, 0.25) is 0 Å². The van der Waals surface area contributed by atoms with Crippen LogP contribution in [0.15, 0.2) is 22.7 Å². The van der Waals surface area contributed by atoms with Gasteiger partial charge in [-0.1, -0.05) is 15.9 Å². The van der Waals surface area contributed by atoms with Crippen LogP contribution in [0.5, 0.6) is 0 Å². The van der Waals surface area contributed by atoms with E-state index in [-0.39, 0.29) is 21.2 Å². The lowest BCUT2D eigenvalue weighted by molar-refractivity contribution is -0.136. The quantitative estimate of drug-likeness (QED) is 0.824. The first-order valence-electron chi connectivity index (χ1n) is 5.06. The molecule has 8 heteroatoms. The van der Waals surface area contributed by atoms with Crippen molar-refractivity contribution in [1.82, 2.24) is 4.98 Å². The molecule has 0 fully saturated rings. The molecule has 1 heterocycles. The van der Waals surface area contributed by atoms with Gasteiger partial charge in [0.1, 0.15) is 5.82 Å². The summed E-state index contributed by atoms with van der Waals surface area (Å²) in [5.41, 5.74) is -0.985. The van der Waals surface area contributed by atoms with Gasteiger partial charge in [0, 0.05) is 16.9 Å². The van der Waals surface area contributed by atoms with Crippen molar-refractivity contribution in [2.75, 3.05) is 11.9 Å². The Bertz CT molecular complexity index is 651. The maximum absolute atomic E-state index is 12.9. The van der Waals surface area contributed by atoms with Crippen LogP contribution in [-0.4, -0.2) is 23.2 Å². The van der Waals surface area contributed by atoms with E-state index < -0.39 is 17.8 Å². The zero-order valence-electron chi connectivity index (χ0n) is 9.55. The number of aromatic nitrogens is 1. The zero-order valence-corrected chi connectivity index (χ0v) is 11.1. The van der Waals surface area contributed by atoms with Gasteiger partial charge in [0.25, 0.3) is 0 Å². The number of fused-ring (bicyclic) bond motifs is 1. The van der Waals surface area contributed by atoms with Crippen molar-refractivity contribution >= 4 is 38.7 Å². The fourth-order valence-corrected chi connectivity index (χ4v) is 2.18. The Morgan fingerprint density at radius 1 is 1.37 bits per heavy atom. The lowest BCUT2D eigenvalue weighted by atomic mass is 10.1. The van der Waals surface area contributed by atoms with Crippen LogP contribution in [0.4, 0.5) is 23.8 Å². The predicted molar refractivity (Wildman–Crippen MR) is 67.4 cm³/mol. The monoisotopic (exact) mass is 336 g/mol. The average molecular weight is 337 g/mol. The van der Waals surface area contributed by atoms with Crippen molar-refractivity contribution in [2.24, 2.45) is 0 Å². The van der Waals surface area contributed by atoms with Gasteiger partial charge in [-0.15, -0.1) is 0 Å². The summed E-state index contributed by atoms with van der Waals surface area (Å²) >= 11 is 3.01. The van der Waals surface area contributed by atoms with Crippen molar-refractivity contribution in [1.29, 1.82) is 0 Å². The molecule has 0 atom stereocenters. The maximum Gasteiger partial charge on any atom is 0.418 e. The number of carbonyl (C=O) groups is 1. The molecule has 102 valence electrons. The summed E-state index contributed by atoms with van der Waals surface area (Å²) < 4.78 is 39.0. The van der Waals surface area contributed by atoms with Crippen LogP contribution in [0, 0.1) is 0 Å². The summed E-state index contributed by atoms with van der Waals surface area (Å²) in [6.45, 7) is 0. The zero-order chi connectivity index (χ0) is 14.4. The highest BCUT2D eigenvalue weighted by atomic mass is 79.9. The second-order valence-corrected chi connectivity index (χ2v) is 4.83. The number of rotatable bonds is 1. The molecule has 0 spiro atoms. The molecule has 0 bridgehead atoms. The van der Waals surface area contributed by atoms with E-state index in [0.29, 0.717) is 0 Å². The molecule has 0 aliphatic carbocycles. The molecule has 4 nitrogen and oxygen atoms in total. The molecule has 0 radical (unpaired) electrons. The third kappa shape index (κ3) is 2.53. The number of hydrogen-bond donors (Lipinski definition) is 2. The van der Waals surface area contributed by atoms with Gasteiger partial charge >= 0.3 is 12.3 Å². The smallest absolute Gasteiger partial charge is 0.418 e. The lowest BCUT2D eigenvalue weighted by Gasteiger charge is -2.10. The Labute approximate surface area is 113 Å². The van der Waals surface area contributed by atoms with Crippen LogP contribution in [-0.2, 0) is 6.18 Å². The number of amides is 1. The van der Waals surface area contributed by atoms with Gasteiger partial charge in [-0.3, -0.25) is 4.90 Å². The number of anilines is 1. The van der Waals surface area contributed by atoms with E-state index in [1.54, 1.807) is 0 Å². The van der Waals surface area contributed by atoms with E-state index in [0.717, 1.165) is 11.0 Å². The highest BCUT2D eigenvalue weighted by Gasteiger charge is 2.34. The number of hydrogen-bond acceptors (Lipinski definition) is 1. The Hall–Kier alpha value is -1.70. The summed E-state index contributed by atoms with van der Waals surface area (Å²) in [5.74, 6) is 0.0751. The van der Waals surface area contributed by atoms with Gasteiger partial charge in [0.05, 0.1) is 11.1 Å². The largest absolute Gasteiger partial charge is 0.465 e. The standard InChI is InChI=1S/C11H8BrF3N2O2/c1-17(10(18)19)8-3-5-2-6(12)4-7(9(5)16-8)11(13,14)15/h2-4,16H,1H3,(H,18,19). The number of benzene rings is 1. The molecule has 0 saturated carbocycles. The van der Waals surface area contributed by atoms with E-state index in [9.17, 15) is 18.0 Å². The summed E-state index contributed by atoms with van der Waals surface area (Å²) in [4.78, 5) is 14.1. The van der Waals surface area contributed by atoms with Gasteiger partial charge in [-0.25, -0.2) is 4.79 Å². The van der Waals surface area contributed by atoms with Gasteiger partial charge in [-0.05, 0) is 18.2 Å². The van der Waals surface area contributed by atoms with E-state index in [2.05, 4.69) is 20.9 Å². The van der Waals surface area contributed by atoms with Gasteiger partial charge in [0.2, 0.25) is 0 Å². The fraction of sp³-hybridized carbons (Fsp3) is 0.182. The van der Waals surface area contributed by atoms with E-state index >= 15 is 0 Å². The van der Waals surface area contributed by atoms with E-state index in [1.807, 2.05) is 0 Å². The van der Waals surface area contributed by atoms with Crippen LogP contribution in [0.3, 0.4) is 0 Å². The number of halogens is 4. The molecule has 1 aromatic heterocycles. The van der Waals surface area contributed by atoms with Crippen molar-refractivity contribution in [3.8, 4) is 0 Å². The van der Waals surface area contributed by atoms with Crippen LogP contribution in [0.25, 0.3) is 10.9 Å². The number of alkyl halides is 3. The second kappa shape index (κ2) is 4.44. The van der Waals surface area contributed by atoms with Gasteiger partial charge < -0.3 is 10.1 Å². The third-order valence-electron chi connectivity index (χ3n) is 2.63. The molecule has 19 heavy (non-hydrogen) atoms. The molecule has 0 saturated heterocycles. The summed E-state index contributed by atoms with van der Waals surface area (Å²) in [6.07, 6.45) is -5.79. The normalized spacial score (nSPS) is 11.8. The molecule has 0 unspecified atom stereocenters. The van der Waals surface area contributed by atoms with E-state index in [1.165, 1.54) is 19.2 Å². The Kier molecular flexibility index (Phi) is 3.21. The van der Waals surface area contributed by atoms with Crippen LogP contribution < -0.4 is 4.90 Å². The number of carboxylic acid groups (broad SMARTS) is 1. The van der Waals surface area contributed by atoms with Crippen molar-refractivity contribution < 1.29 is 23.1 Å². The lowest BCUT2D eigenvalue weighted by Crippen LogP contribution is -2.23. The number of nitrogens with one attached hydrogen (secondary N) is 1. The summed E-state index contributed by atoms with van der Waals surface area (Å²) in [5, 5.41) is 9.10. The first kappa shape index (κ1) is 13.7. The minimum atomic E-state index is -4.52. The molecule has 1 amide bonds. The number of aromatic amines is 1. The second-order valence-electron chi connectivity index (χ2n) is 3.91. The topological polar surface area (TPSA) is 56.3 Å². The molecule has 0 aliphatic heterocycles. The Balaban J connectivity index is 2.68. The molecule has 2 N–H and O–H groups in total. The minimum Gasteiger partial charge on any atom is -0.465 e. The molecule has 0 aliphatic rings. The minimum absolute atomic E-state index is 0.0751. The fourth-order valence-electron chi connectivity index (χ4n) is 1.70. The van der Waals surface area contributed by atoms with E-state index in [4.69, 9.17) is 5.11 Å². The summed E-state index contributed by atoms with van der Waals surface area (Å²) in [7, 11) is 1.25. The predicted octanol–water partition coefficient (Wildman–Crippen LogP) is 4.06. The highest BCUT2D eigenvalue weighted by Crippen LogP contribution is 2.37. The average Bonchev–Trinajstić information content (AvgIpc) is 2.68. The van der Waals surface area contributed by atoms with Crippen molar-refractivity contribution in [3.63, 3.8) is 0 Å². The molecular formula is C11H8BrF3N2O2. The maximum atomic E-state index is 12.9. The highest BCUT2D eigenvalue weighted by molar-refractivity contribution is 9.10. The number of nitrogens with zero attached hydrogens (tertiary/aromatic N) is 1. The van der Waals surface area contributed by atoms with Crippen LogP contribution in [0.1, 0.15) is 5.56 Å². The summed E-state index contributed by atoms with van der Waals surface area (Å²) in [6, 6.07) is 3.78. The number of H-pyrrole nitrogens is 1. The van der Waals surface area contributed by atoms with Gasteiger partial charge in [-0.2, -0.15) is 13.2 Å². The van der Waals surface area contributed by atoms with Crippen LogP contribution >= 0.6 is 15.9 Å². The van der Waals surface area contributed by atoms with Crippen molar-refractivity contribution in [2.45, 2.75) is 6.18 Å². The molecule has 1 aromatic carbocycles. The Morgan fingerprint density at radius 2 is 2.00 bits per heavy atom. The molecular weight excluding hydrogens is 329 g/mol. The van der Waals surface area contributed by atoms with Crippen molar-refractivity contribution in [3.05, 3.63) is 28.2 Å². The van der Waals surface area contributed by atoms with Gasteiger partial charge in [0.15, 0.2) is 0 Å².